The van der Waals surface area contributed by atoms with E-state index in [1.54, 1.807) is 4.90 Å². The van der Waals surface area contributed by atoms with Crippen LogP contribution in [0.15, 0.2) is 24.3 Å². The standard InChI is InChI=1S/C17H25NO3/c1-17(2,3)14-8-6-13(7-9-14)15(12-19)21-16(20)18-10-4-5-11-18/h6-9,15,19H,4-5,10-12H2,1-3H3/t15-/m0/s1. The molecule has 0 aromatic heterocycles. The number of hydrogen-bond acceptors (Lipinski definition) is 3. The van der Waals surface area contributed by atoms with Gasteiger partial charge in [0.1, 0.15) is 0 Å². The monoisotopic (exact) mass is 291 g/mol. The van der Waals surface area contributed by atoms with E-state index in [-0.39, 0.29) is 18.1 Å². The van der Waals surface area contributed by atoms with Crippen molar-refractivity contribution < 1.29 is 14.6 Å². The molecular formula is C17H25NO3. The number of aliphatic hydroxyl groups excluding tert-OH is 1. The summed E-state index contributed by atoms with van der Waals surface area (Å²) in [5.74, 6) is 0. The Morgan fingerprint density at radius 1 is 1.24 bits per heavy atom. The van der Waals surface area contributed by atoms with E-state index < -0.39 is 6.10 Å². The van der Waals surface area contributed by atoms with Crippen molar-refractivity contribution in [3.63, 3.8) is 0 Å². The average molecular weight is 291 g/mol. The van der Waals surface area contributed by atoms with Gasteiger partial charge < -0.3 is 14.7 Å². The molecule has 4 nitrogen and oxygen atoms in total. The summed E-state index contributed by atoms with van der Waals surface area (Å²) in [6, 6.07) is 7.92. The van der Waals surface area contributed by atoms with Crippen LogP contribution in [-0.2, 0) is 10.2 Å². The van der Waals surface area contributed by atoms with Crippen LogP contribution in [0, 0.1) is 0 Å². The van der Waals surface area contributed by atoms with Gasteiger partial charge in [-0.3, -0.25) is 0 Å². The summed E-state index contributed by atoms with van der Waals surface area (Å²) in [5, 5.41) is 9.50. The Kier molecular flexibility index (Phi) is 4.88. The molecule has 1 aliphatic rings. The van der Waals surface area contributed by atoms with E-state index in [1.165, 1.54) is 5.56 Å². The van der Waals surface area contributed by atoms with Crippen molar-refractivity contribution >= 4 is 6.09 Å². The minimum atomic E-state index is -0.591. The van der Waals surface area contributed by atoms with Crippen LogP contribution in [0.3, 0.4) is 0 Å². The lowest BCUT2D eigenvalue weighted by molar-refractivity contribution is 0.0366. The van der Waals surface area contributed by atoms with Gasteiger partial charge in [0.25, 0.3) is 0 Å². The maximum Gasteiger partial charge on any atom is 0.410 e. The van der Waals surface area contributed by atoms with Crippen LogP contribution >= 0.6 is 0 Å². The normalized spacial score (nSPS) is 16.9. The highest BCUT2D eigenvalue weighted by Gasteiger charge is 2.24. The molecule has 1 aliphatic heterocycles. The number of ether oxygens (including phenoxy) is 1. The molecule has 2 rings (SSSR count). The third kappa shape index (κ3) is 3.97. The first kappa shape index (κ1) is 15.8. The minimum absolute atomic E-state index is 0.0828. The van der Waals surface area contributed by atoms with E-state index in [0.717, 1.165) is 31.5 Å². The van der Waals surface area contributed by atoms with Gasteiger partial charge in [0, 0.05) is 13.1 Å². The van der Waals surface area contributed by atoms with Gasteiger partial charge in [-0.2, -0.15) is 0 Å². The van der Waals surface area contributed by atoms with Crippen LogP contribution in [-0.4, -0.2) is 35.8 Å². The van der Waals surface area contributed by atoms with E-state index in [1.807, 2.05) is 24.3 Å². The lowest BCUT2D eigenvalue weighted by Gasteiger charge is -2.23. The summed E-state index contributed by atoms with van der Waals surface area (Å²) in [6.45, 7) is 7.76. The first-order chi connectivity index (χ1) is 9.91. The Bertz CT molecular complexity index is 470. The van der Waals surface area contributed by atoms with Gasteiger partial charge >= 0.3 is 6.09 Å². The van der Waals surface area contributed by atoms with Gasteiger partial charge in [-0.25, -0.2) is 4.79 Å². The lowest BCUT2D eigenvalue weighted by Crippen LogP contribution is -2.30. The zero-order valence-corrected chi connectivity index (χ0v) is 13.1. The molecule has 1 aromatic rings. The molecule has 0 spiro atoms. The van der Waals surface area contributed by atoms with E-state index in [9.17, 15) is 9.90 Å². The van der Waals surface area contributed by atoms with E-state index >= 15 is 0 Å². The van der Waals surface area contributed by atoms with Gasteiger partial charge in [-0.15, -0.1) is 0 Å². The number of rotatable bonds is 3. The second-order valence-corrected chi connectivity index (χ2v) is 6.62. The molecule has 1 N–H and O–H groups in total. The topological polar surface area (TPSA) is 49.8 Å². The van der Waals surface area contributed by atoms with Crippen molar-refractivity contribution in [3.05, 3.63) is 35.4 Å². The minimum Gasteiger partial charge on any atom is -0.439 e. The summed E-state index contributed by atoms with van der Waals surface area (Å²) in [6.07, 6.45) is 1.14. The summed E-state index contributed by atoms with van der Waals surface area (Å²) >= 11 is 0. The maximum absolute atomic E-state index is 12.0. The van der Waals surface area contributed by atoms with Crippen LogP contribution in [0.4, 0.5) is 4.79 Å². The van der Waals surface area contributed by atoms with Gasteiger partial charge in [0.05, 0.1) is 6.61 Å². The number of carbonyl (C=O) groups excluding carboxylic acids is 1. The van der Waals surface area contributed by atoms with Crippen LogP contribution in [0.5, 0.6) is 0 Å². The third-order valence-electron chi connectivity index (χ3n) is 3.92. The van der Waals surface area contributed by atoms with Crippen molar-refractivity contribution in [1.82, 2.24) is 4.90 Å². The van der Waals surface area contributed by atoms with Crippen molar-refractivity contribution in [1.29, 1.82) is 0 Å². The molecule has 0 bridgehead atoms. The van der Waals surface area contributed by atoms with Crippen molar-refractivity contribution in [3.8, 4) is 0 Å². The fraction of sp³-hybridized carbons (Fsp3) is 0.588. The first-order valence-electron chi connectivity index (χ1n) is 7.58. The van der Waals surface area contributed by atoms with Crippen LogP contribution in [0.25, 0.3) is 0 Å². The fourth-order valence-corrected chi connectivity index (χ4v) is 2.50. The molecule has 0 unspecified atom stereocenters. The Hall–Kier alpha value is -1.55. The predicted octanol–water partition coefficient (Wildman–Crippen LogP) is 3.25. The van der Waals surface area contributed by atoms with Gasteiger partial charge in [-0.05, 0) is 29.4 Å². The quantitative estimate of drug-likeness (QED) is 0.930. The van der Waals surface area contributed by atoms with Gasteiger partial charge in [0.2, 0.25) is 0 Å². The molecule has 0 radical (unpaired) electrons. The molecule has 0 saturated carbocycles. The fourth-order valence-electron chi connectivity index (χ4n) is 2.50. The number of nitrogens with zero attached hydrogens (tertiary/aromatic N) is 1. The third-order valence-corrected chi connectivity index (χ3v) is 3.92. The number of aliphatic hydroxyl groups is 1. The Balaban J connectivity index is 2.05. The van der Waals surface area contributed by atoms with Crippen LogP contribution < -0.4 is 0 Å². The maximum atomic E-state index is 12.0. The van der Waals surface area contributed by atoms with Crippen LogP contribution in [0.2, 0.25) is 0 Å². The number of benzene rings is 1. The summed E-state index contributed by atoms with van der Waals surface area (Å²) in [4.78, 5) is 13.7. The summed E-state index contributed by atoms with van der Waals surface area (Å²) in [7, 11) is 0. The lowest BCUT2D eigenvalue weighted by atomic mass is 9.86. The summed E-state index contributed by atoms with van der Waals surface area (Å²) < 4.78 is 5.43. The highest BCUT2D eigenvalue weighted by molar-refractivity contribution is 5.68. The molecule has 116 valence electrons. The highest BCUT2D eigenvalue weighted by atomic mass is 16.6. The Morgan fingerprint density at radius 3 is 2.29 bits per heavy atom. The van der Waals surface area contributed by atoms with Gasteiger partial charge in [0.15, 0.2) is 6.10 Å². The number of carbonyl (C=O) groups is 1. The highest BCUT2D eigenvalue weighted by Crippen LogP contribution is 2.25. The zero-order chi connectivity index (χ0) is 15.5. The molecule has 0 aliphatic carbocycles. The van der Waals surface area contributed by atoms with E-state index in [4.69, 9.17) is 4.74 Å². The van der Waals surface area contributed by atoms with Gasteiger partial charge in [-0.1, -0.05) is 45.0 Å². The second kappa shape index (κ2) is 6.48. The largest absolute Gasteiger partial charge is 0.439 e. The van der Waals surface area contributed by atoms with E-state index in [0.29, 0.717) is 0 Å². The zero-order valence-electron chi connectivity index (χ0n) is 13.1. The smallest absolute Gasteiger partial charge is 0.410 e. The summed E-state index contributed by atoms with van der Waals surface area (Å²) in [5.41, 5.74) is 2.13. The SMILES string of the molecule is CC(C)(C)c1ccc([C@H](CO)OC(=O)N2CCCC2)cc1. The molecule has 1 saturated heterocycles. The van der Waals surface area contributed by atoms with Crippen molar-refractivity contribution in [2.75, 3.05) is 19.7 Å². The van der Waals surface area contributed by atoms with Crippen molar-refractivity contribution in [2.24, 2.45) is 0 Å². The molecule has 1 amide bonds. The molecule has 4 heteroatoms. The molecule has 1 fully saturated rings. The van der Waals surface area contributed by atoms with Crippen LogP contribution in [0.1, 0.15) is 50.8 Å². The molecular weight excluding hydrogens is 266 g/mol. The first-order valence-corrected chi connectivity index (χ1v) is 7.58. The molecule has 1 heterocycles. The molecule has 21 heavy (non-hydrogen) atoms. The molecule has 1 aromatic carbocycles. The van der Waals surface area contributed by atoms with E-state index in [2.05, 4.69) is 20.8 Å². The number of hydrogen-bond donors (Lipinski definition) is 1. The average Bonchev–Trinajstić information content (AvgIpc) is 2.98. The second-order valence-electron chi connectivity index (χ2n) is 6.62. The Labute approximate surface area is 126 Å². The number of likely N-dealkylation sites (tertiary alicyclic amines) is 1. The predicted molar refractivity (Wildman–Crippen MR) is 82.3 cm³/mol. The molecule has 1 atom stereocenters. The number of amides is 1. The Morgan fingerprint density at radius 2 is 1.81 bits per heavy atom. The van der Waals surface area contributed by atoms with Crippen molar-refractivity contribution in [2.45, 2.75) is 45.1 Å².